The van der Waals surface area contributed by atoms with Gasteiger partial charge in [-0.15, -0.1) is 0 Å². The van der Waals surface area contributed by atoms with Crippen LogP contribution in [0.15, 0.2) is 47.0 Å². The molecule has 2 aromatic carbocycles. The number of carbonyl (C=O) groups excluding carboxylic acids is 1. The molecule has 1 N–H and O–H groups in total. The van der Waals surface area contributed by atoms with Gasteiger partial charge in [-0.1, -0.05) is 29.8 Å². The Morgan fingerprint density at radius 3 is 2.43 bits per heavy atom. The number of aryl methyl sites for hydroxylation is 3. The predicted octanol–water partition coefficient (Wildman–Crippen LogP) is 4.27. The Morgan fingerprint density at radius 1 is 1.07 bits per heavy atom. The zero-order chi connectivity index (χ0) is 21.1. The summed E-state index contributed by atoms with van der Waals surface area (Å²) in [7, 11) is 0. The van der Waals surface area contributed by atoms with E-state index in [1.54, 1.807) is 0 Å². The second-order valence-corrected chi connectivity index (χ2v) is 7.63. The number of piperazine rings is 1. The number of nitrogens with zero attached hydrogens (tertiary/aromatic N) is 4. The van der Waals surface area contributed by atoms with Crippen molar-refractivity contribution in [1.82, 2.24) is 15.0 Å². The fourth-order valence-corrected chi connectivity index (χ4v) is 3.65. The second kappa shape index (κ2) is 8.57. The van der Waals surface area contributed by atoms with Crippen LogP contribution in [0, 0.1) is 13.8 Å². The average molecular weight is 406 g/mol. The van der Waals surface area contributed by atoms with Crippen LogP contribution in [-0.4, -0.2) is 47.3 Å². The van der Waals surface area contributed by atoms with E-state index in [9.17, 15) is 4.79 Å². The van der Waals surface area contributed by atoms with Gasteiger partial charge in [0.05, 0.1) is 0 Å². The minimum atomic E-state index is -0.0409. The highest BCUT2D eigenvalue weighted by molar-refractivity contribution is 5.90. The number of carbonyl (C=O) groups is 1. The molecule has 0 bridgehead atoms. The minimum Gasteiger partial charge on any atom is -0.368 e. The van der Waals surface area contributed by atoms with Gasteiger partial charge in [0.2, 0.25) is 11.7 Å². The molecular formula is C23H27N5O2. The van der Waals surface area contributed by atoms with Crippen molar-refractivity contribution < 1.29 is 9.32 Å². The molecule has 0 radical (unpaired) electrons. The number of rotatable bonds is 4. The molecular weight excluding hydrogens is 378 g/mol. The van der Waals surface area contributed by atoms with E-state index in [1.165, 1.54) is 5.56 Å². The molecule has 0 aliphatic carbocycles. The molecule has 1 aromatic heterocycles. The normalized spacial score (nSPS) is 14.1. The molecule has 1 aliphatic heterocycles. The molecule has 7 heteroatoms. The van der Waals surface area contributed by atoms with E-state index < -0.39 is 0 Å². The molecule has 1 aliphatic rings. The summed E-state index contributed by atoms with van der Waals surface area (Å²) < 4.78 is 5.19. The van der Waals surface area contributed by atoms with E-state index in [1.807, 2.05) is 43.0 Å². The third-order valence-electron chi connectivity index (χ3n) is 5.45. The Kier molecular flexibility index (Phi) is 5.70. The zero-order valence-electron chi connectivity index (χ0n) is 17.7. The average Bonchev–Trinajstić information content (AvgIpc) is 3.25. The maximum Gasteiger partial charge on any atom is 0.321 e. The van der Waals surface area contributed by atoms with Crippen LogP contribution >= 0.6 is 0 Å². The third kappa shape index (κ3) is 4.30. The number of urea groups is 1. The van der Waals surface area contributed by atoms with Crippen molar-refractivity contribution in [3.05, 3.63) is 59.5 Å². The first-order valence-electron chi connectivity index (χ1n) is 10.3. The molecule has 0 spiro atoms. The summed E-state index contributed by atoms with van der Waals surface area (Å²) in [5, 5.41) is 7.06. The summed E-state index contributed by atoms with van der Waals surface area (Å²) in [5.74, 6) is 1.26. The van der Waals surface area contributed by atoms with Gasteiger partial charge in [0.25, 0.3) is 0 Å². The van der Waals surface area contributed by atoms with Gasteiger partial charge in [-0.05, 0) is 49.7 Å². The summed E-state index contributed by atoms with van der Waals surface area (Å²) in [6.45, 7) is 9.01. The van der Waals surface area contributed by atoms with Crippen molar-refractivity contribution in [2.75, 3.05) is 36.4 Å². The van der Waals surface area contributed by atoms with Crippen molar-refractivity contribution >= 4 is 17.4 Å². The molecule has 1 saturated heterocycles. The van der Waals surface area contributed by atoms with Gasteiger partial charge in [-0.25, -0.2) is 4.79 Å². The van der Waals surface area contributed by atoms with Gasteiger partial charge in [0.15, 0.2) is 0 Å². The lowest BCUT2D eigenvalue weighted by atomic mass is 10.1. The van der Waals surface area contributed by atoms with Crippen LogP contribution in [0.5, 0.6) is 0 Å². The Morgan fingerprint density at radius 2 is 1.80 bits per heavy atom. The van der Waals surface area contributed by atoms with E-state index in [0.29, 0.717) is 24.8 Å². The molecule has 0 atom stereocenters. The number of hydrogen-bond acceptors (Lipinski definition) is 5. The second-order valence-electron chi connectivity index (χ2n) is 7.63. The highest BCUT2D eigenvalue weighted by Gasteiger charge is 2.22. The van der Waals surface area contributed by atoms with E-state index in [0.717, 1.165) is 42.0 Å². The van der Waals surface area contributed by atoms with E-state index in [2.05, 4.69) is 45.5 Å². The molecule has 7 nitrogen and oxygen atoms in total. The topological polar surface area (TPSA) is 74.5 Å². The van der Waals surface area contributed by atoms with Crippen LogP contribution in [0.4, 0.5) is 16.2 Å². The van der Waals surface area contributed by atoms with Gasteiger partial charge < -0.3 is 19.6 Å². The highest BCUT2D eigenvalue weighted by atomic mass is 16.5. The maximum atomic E-state index is 12.6. The van der Waals surface area contributed by atoms with Gasteiger partial charge in [-0.2, -0.15) is 4.98 Å². The lowest BCUT2D eigenvalue weighted by Crippen LogP contribution is -2.50. The molecule has 2 amide bonds. The largest absolute Gasteiger partial charge is 0.368 e. The first kappa shape index (κ1) is 19.9. The number of aromatic nitrogens is 2. The number of amides is 2. The van der Waals surface area contributed by atoms with Crippen LogP contribution < -0.4 is 10.2 Å². The standard InChI is InChI=1S/C23H27N5O2/c1-4-21-25-22(26-30-21)18-6-8-19(9-7-18)27-11-13-28(14-12-27)23(29)24-20-10-5-16(2)15-17(20)3/h5-10,15H,4,11-14H2,1-3H3,(H,24,29). The monoisotopic (exact) mass is 405 g/mol. The SMILES string of the molecule is CCc1nc(-c2ccc(N3CCN(C(=O)Nc4ccc(C)cc4C)CC3)cc2)no1. The molecule has 0 saturated carbocycles. The van der Waals surface area contributed by atoms with Gasteiger partial charge in [0.1, 0.15) is 0 Å². The van der Waals surface area contributed by atoms with Crippen molar-refractivity contribution in [3.8, 4) is 11.4 Å². The highest BCUT2D eigenvalue weighted by Crippen LogP contribution is 2.23. The summed E-state index contributed by atoms with van der Waals surface area (Å²) in [4.78, 5) is 21.2. The van der Waals surface area contributed by atoms with Crippen molar-refractivity contribution in [3.63, 3.8) is 0 Å². The van der Waals surface area contributed by atoms with E-state index in [4.69, 9.17) is 4.52 Å². The van der Waals surface area contributed by atoms with Gasteiger partial charge >= 0.3 is 6.03 Å². The Hall–Kier alpha value is -3.35. The van der Waals surface area contributed by atoms with Crippen LogP contribution in [0.25, 0.3) is 11.4 Å². The third-order valence-corrected chi connectivity index (χ3v) is 5.45. The first-order chi connectivity index (χ1) is 14.5. The quantitative estimate of drug-likeness (QED) is 0.702. The Labute approximate surface area is 176 Å². The summed E-state index contributed by atoms with van der Waals surface area (Å²) >= 11 is 0. The molecule has 0 unspecified atom stereocenters. The lowest BCUT2D eigenvalue weighted by Gasteiger charge is -2.36. The zero-order valence-corrected chi connectivity index (χ0v) is 17.7. The number of nitrogens with one attached hydrogen (secondary N) is 1. The first-order valence-corrected chi connectivity index (χ1v) is 10.3. The van der Waals surface area contributed by atoms with Gasteiger partial charge in [-0.3, -0.25) is 0 Å². The Balaban J connectivity index is 1.34. The van der Waals surface area contributed by atoms with Crippen LogP contribution in [-0.2, 0) is 6.42 Å². The Bertz CT molecular complexity index is 1020. The fourth-order valence-electron chi connectivity index (χ4n) is 3.65. The summed E-state index contributed by atoms with van der Waals surface area (Å²) in [5.41, 5.74) is 5.21. The number of hydrogen-bond donors (Lipinski definition) is 1. The molecule has 3 aromatic rings. The molecule has 4 rings (SSSR count). The van der Waals surface area contributed by atoms with E-state index >= 15 is 0 Å². The van der Waals surface area contributed by atoms with Crippen LogP contribution in [0.2, 0.25) is 0 Å². The minimum absolute atomic E-state index is 0.0409. The molecule has 1 fully saturated rings. The molecule has 30 heavy (non-hydrogen) atoms. The van der Waals surface area contributed by atoms with Crippen molar-refractivity contribution in [2.45, 2.75) is 27.2 Å². The van der Waals surface area contributed by atoms with Crippen molar-refractivity contribution in [2.24, 2.45) is 0 Å². The van der Waals surface area contributed by atoms with Crippen LogP contribution in [0.3, 0.4) is 0 Å². The van der Waals surface area contributed by atoms with Crippen molar-refractivity contribution in [1.29, 1.82) is 0 Å². The fraction of sp³-hybridized carbons (Fsp3) is 0.348. The van der Waals surface area contributed by atoms with Gasteiger partial charge in [0, 0.05) is 49.5 Å². The number of anilines is 2. The summed E-state index contributed by atoms with van der Waals surface area (Å²) in [6, 6.07) is 14.2. The predicted molar refractivity (Wildman–Crippen MR) is 118 cm³/mol. The van der Waals surface area contributed by atoms with Crippen LogP contribution in [0.1, 0.15) is 23.9 Å². The summed E-state index contributed by atoms with van der Waals surface area (Å²) in [6.07, 6.45) is 0.729. The smallest absolute Gasteiger partial charge is 0.321 e. The maximum absolute atomic E-state index is 12.6. The molecule has 156 valence electrons. The molecule has 2 heterocycles. The lowest BCUT2D eigenvalue weighted by molar-refractivity contribution is 0.208. The van der Waals surface area contributed by atoms with E-state index in [-0.39, 0.29) is 6.03 Å². The number of benzene rings is 2.